The van der Waals surface area contributed by atoms with Crippen molar-refractivity contribution in [3.8, 4) is 0 Å². The van der Waals surface area contributed by atoms with Crippen LogP contribution in [-0.2, 0) is 4.79 Å². The summed E-state index contributed by atoms with van der Waals surface area (Å²) in [5.41, 5.74) is 0.116. The molecule has 1 amide bonds. The molecule has 7 heteroatoms. The molecule has 0 saturated heterocycles. The van der Waals surface area contributed by atoms with E-state index in [9.17, 15) is 9.59 Å². The number of halogens is 2. The van der Waals surface area contributed by atoms with Crippen LogP contribution in [0.3, 0.4) is 0 Å². The molecule has 0 aromatic carbocycles. The quantitative estimate of drug-likeness (QED) is 0.750. The minimum Gasteiger partial charge on any atom is -0.481 e. The third kappa shape index (κ3) is 6.31. The molecule has 0 aliphatic carbocycles. The highest BCUT2D eigenvalue weighted by Gasteiger charge is 2.20. The van der Waals surface area contributed by atoms with Crippen molar-refractivity contribution in [1.82, 2.24) is 10.3 Å². The first kappa shape index (κ1) is 17.7. The minimum atomic E-state index is -0.815. The number of aromatic nitrogens is 1. The van der Waals surface area contributed by atoms with Crippen LogP contribution in [0.2, 0.25) is 10.2 Å². The van der Waals surface area contributed by atoms with E-state index in [-0.39, 0.29) is 33.5 Å². The first-order valence-electron chi connectivity index (χ1n) is 6.52. The van der Waals surface area contributed by atoms with Gasteiger partial charge in [-0.2, -0.15) is 0 Å². The van der Waals surface area contributed by atoms with Crippen molar-refractivity contribution in [2.45, 2.75) is 33.1 Å². The second kappa shape index (κ2) is 7.61. The van der Waals surface area contributed by atoms with Gasteiger partial charge in [-0.05, 0) is 24.3 Å². The average Bonchev–Trinajstić information content (AvgIpc) is 2.39. The number of hydrogen-bond donors (Lipinski definition) is 2. The van der Waals surface area contributed by atoms with Gasteiger partial charge in [0, 0.05) is 19.2 Å². The maximum Gasteiger partial charge on any atom is 0.303 e. The summed E-state index contributed by atoms with van der Waals surface area (Å²) in [6.45, 7) is 4.37. The first-order valence-corrected chi connectivity index (χ1v) is 7.28. The standard InChI is InChI=1S/C14H18Cl2N2O3/c1-14(2,4-3-12(19)20)5-6-17-13(21)9-7-11(16)18-8-10(9)15/h7-8H,3-6H2,1-2H3,(H,17,21)(H,19,20). The van der Waals surface area contributed by atoms with Gasteiger partial charge < -0.3 is 10.4 Å². The first-order chi connectivity index (χ1) is 9.71. The highest BCUT2D eigenvalue weighted by molar-refractivity contribution is 6.35. The van der Waals surface area contributed by atoms with E-state index in [0.717, 1.165) is 0 Å². The van der Waals surface area contributed by atoms with E-state index >= 15 is 0 Å². The van der Waals surface area contributed by atoms with Crippen molar-refractivity contribution in [3.63, 3.8) is 0 Å². The summed E-state index contributed by atoms with van der Waals surface area (Å²) in [5.74, 6) is -1.14. The summed E-state index contributed by atoms with van der Waals surface area (Å²) in [7, 11) is 0. The van der Waals surface area contributed by atoms with Crippen LogP contribution in [0, 0.1) is 5.41 Å². The average molecular weight is 333 g/mol. The van der Waals surface area contributed by atoms with E-state index in [4.69, 9.17) is 28.3 Å². The highest BCUT2D eigenvalue weighted by atomic mass is 35.5. The molecule has 0 atom stereocenters. The van der Waals surface area contributed by atoms with E-state index in [1.165, 1.54) is 12.3 Å². The van der Waals surface area contributed by atoms with E-state index in [0.29, 0.717) is 19.4 Å². The number of hydrogen-bond acceptors (Lipinski definition) is 3. The number of pyridine rings is 1. The summed E-state index contributed by atoms with van der Waals surface area (Å²) >= 11 is 11.6. The molecule has 5 nitrogen and oxygen atoms in total. The zero-order valence-corrected chi connectivity index (χ0v) is 13.5. The maximum atomic E-state index is 12.0. The fraction of sp³-hybridized carbons (Fsp3) is 0.500. The molecular weight excluding hydrogens is 315 g/mol. The Labute approximate surface area is 133 Å². The van der Waals surface area contributed by atoms with Gasteiger partial charge in [-0.15, -0.1) is 0 Å². The maximum absolute atomic E-state index is 12.0. The molecule has 0 aliphatic heterocycles. The van der Waals surface area contributed by atoms with Gasteiger partial charge in [0.15, 0.2) is 0 Å². The lowest BCUT2D eigenvalue weighted by Crippen LogP contribution is -2.28. The summed E-state index contributed by atoms with van der Waals surface area (Å²) in [6.07, 6.45) is 2.67. The summed E-state index contributed by atoms with van der Waals surface area (Å²) in [4.78, 5) is 26.4. The lowest BCUT2D eigenvalue weighted by atomic mass is 9.84. The summed E-state index contributed by atoms with van der Waals surface area (Å²) < 4.78 is 0. The normalized spacial score (nSPS) is 11.2. The van der Waals surface area contributed by atoms with Crippen LogP contribution in [0.15, 0.2) is 12.3 Å². The van der Waals surface area contributed by atoms with E-state index in [1.54, 1.807) is 0 Å². The smallest absolute Gasteiger partial charge is 0.303 e. The molecule has 0 spiro atoms. The Kier molecular flexibility index (Phi) is 6.42. The zero-order valence-electron chi connectivity index (χ0n) is 11.9. The van der Waals surface area contributed by atoms with Crippen molar-refractivity contribution in [1.29, 1.82) is 0 Å². The largest absolute Gasteiger partial charge is 0.481 e. The SMILES string of the molecule is CC(C)(CCNC(=O)c1cc(Cl)ncc1Cl)CCC(=O)O. The number of aliphatic carboxylic acids is 1. The van der Waals surface area contributed by atoms with Crippen LogP contribution in [0.4, 0.5) is 0 Å². The van der Waals surface area contributed by atoms with Crippen LogP contribution >= 0.6 is 23.2 Å². The molecule has 0 aliphatic rings. The van der Waals surface area contributed by atoms with E-state index in [1.807, 2.05) is 13.8 Å². The number of nitrogens with zero attached hydrogens (tertiary/aromatic N) is 1. The fourth-order valence-corrected chi connectivity index (χ4v) is 2.11. The Morgan fingerprint density at radius 1 is 1.33 bits per heavy atom. The van der Waals surface area contributed by atoms with Crippen LogP contribution in [0.25, 0.3) is 0 Å². The summed E-state index contributed by atoms with van der Waals surface area (Å²) in [5, 5.41) is 11.9. The predicted octanol–water partition coefficient (Wildman–Crippen LogP) is 3.40. The van der Waals surface area contributed by atoms with Crippen LogP contribution in [0.1, 0.15) is 43.5 Å². The third-order valence-electron chi connectivity index (χ3n) is 3.17. The number of nitrogens with one attached hydrogen (secondary N) is 1. The Bertz CT molecular complexity index is 533. The number of carboxylic acid groups (broad SMARTS) is 1. The van der Waals surface area contributed by atoms with Crippen LogP contribution in [-0.4, -0.2) is 28.5 Å². The van der Waals surface area contributed by atoms with Gasteiger partial charge in [0.1, 0.15) is 5.15 Å². The highest BCUT2D eigenvalue weighted by Crippen LogP contribution is 2.26. The second-order valence-electron chi connectivity index (χ2n) is 5.55. The lowest BCUT2D eigenvalue weighted by Gasteiger charge is -2.23. The molecule has 116 valence electrons. The number of carbonyl (C=O) groups excluding carboxylic acids is 1. The minimum absolute atomic E-state index is 0.118. The Morgan fingerprint density at radius 2 is 2.00 bits per heavy atom. The molecule has 0 unspecified atom stereocenters. The molecule has 21 heavy (non-hydrogen) atoms. The van der Waals surface area contributed by atoms with Gasteiger partial charge in [-0.1, -0.05) is 37.0 Å². The van der Waals surface area contributed by atoms with Gasteiger partial charge in [-0.25, -0.2) is 4.98 Å². The molecule has 1 aromatic rings. The van der Waals surface area contributed by atoms with Gasteiger partial charge in [0.05, 0.1) is 10.6 Å². The topological polar surface area (TPSA) is 79.3 Å². The number of amides is 1. The lowest BCUT2D eigenvalue weighted by molar-refractivity contribution is -0.137. The molecular formula is C14H18Cl2N2O3. The zero-order chi connectivity index (χ0) is 16.0. The van der Waals surface area contributed by atoms with Gasteiger partial charge >= 0.3 is 5.97 Å². The Morgan fingerprint density at radius 3 is 2.62 bits per heavy atom. The van der Waals surface area contributed by atoms with Crippen molar-refractivity contribution in [2.75, 3.05) is 6.54 Å². The molecule has 2 N–H and O–H groups in total. The number of rotatable bonds is 7. The number of carboxylic acids is 1. The summed E-state index contributed by atoms with van der Waals surface area (Å²) in [6, 6.07) is 1.41. The fourth-order valence-electron chi connectivity index (χ4n) is 1.77. The van der Waals surface area contributed by atoms with Crippen molar-refractivity contribution in [2.24, 2.45) is 5.41 Å². The van der Waals surface area contributed by atoms with Crippen molar-refractivity contribution >= 4 is 35.1 Å². The monoisotopic (exact) mass is 332 g/mol. The van der Waals surface area contributed by atoms with Crippen LogP contribution in [0.5, 0.6) is 0 Å². The second-order valence-corrected chi connectivity index (χ2v) is 6.35. The molecule has 0 saturated carbocycles. The molecule has 1 rings (SSSR count). The van der Waals surface area contributed by atoms with Crippen LogP contribution < -0.4 is 5.32 Å². The van der Waals surface area contributed by atoms with Crippen molar-refractivity contribution in [3.05, 3.63) is 28.0 Å². The van der Waals surface area contributed by atoms with E-state index in [2.05, 4.69) is 10.3 Å². The predicted molar refractivity (Wildman–Crippen MR) is 81.9 cm³/mol. The molecule has 1 heterocycles. The molecule has 1 aromatic heterocycles. The van der Waals surface area contributed by atoms with Crippen molar-refractivity contribution < 1.29 is 14.7 Å². The third-order valence-corrected chi connectivity index (χ3v) is 3.68. The van der Waals surface area contributed by atoms with E-state index < -0.39 is 5.97 Å². The Balaban J connectivity index is 2.50. The molecule has 0 fully saturated rings. The Hall–Kier alpha value is -1.33. The molecule has 0 radical (unpaired) electrons. The van der Waals surface area contributed by atoms with Gasteiger partial charge in [0.25, 0.3) is 5.91 Å². The molecule has 0 bridgehead atoms. The number of carbonyl (C=O) groups is 2. The van der Waals surface area contributed by atoms with Gasteiger partial charge in [0.2, 0.25) is 0 Å². The van der Waals surface area contributed by atoms with Gasteiger partial charge in [-0.3, -0.25) is 9.59 Å².